The van der Waals surface area contributed by atoms with E-state index in [-0.39, 0.29) is 22.4 Å². The number of nitro benzene ring substituents is 1. The monoisotopic (exact) mass is 328 g/mol. The second kappa shape index (κ2) is 6.01. The molecule has 1 aliphatic carbocycles. The van der Waals surface area contributed by atoms with Gasteiger partial charge in [0, 0.05) is 16.6 Å². The van der Waals surface area contributed by atoms with Gasteiger partial charge >= 0.3 is 5.97 Å². The molecule has 2 atom stereocenters. The van der Waals surface area contributed by atoms with Crippen LogP contribution >= 0.6 is 11.8 Å². The van der Waals surface area contributed by atoms with Crippen LogP contribution in [0.4, 0.5) is 5.69 Å². The van der Waals surface area contributed by atoms with Crippen LogP contribution < -0.4 is 15.2 Å². The molecule has 0 unspecified atom stereocenters. The minimum Gasteiger partial charge on any atom is -0.493 e. The molecule has 22 heavy (non-hydrogen) atoms. The van der Waals surface area contributed by atoms with Crippen LogP contribution in [0.15, 0.2) is 12.1 Å². The van der Waals surface area contributed by atoms with Crippen molar-refractivity contribution in [1.82, 2.24) is 0 Å². The molecule has 1 aromatic carbocycles. The molecule has 9 heteroatoms. The van der Waals surface area contributed by atoms with Crippen LogP contribution in [-0.4, -0.2) is 41.0 Å². The van der Waals surface area contributed by atoms with Gasteiger partial charge < -0.3 is 20.3 Å². The van der Waals surface area contributed by atoms with E-state index in [4.69, 9.17) is 20.3 Å². The van der Waals surface area contributed by atoms with Crippen molar-refractivity contribution < 1.29 is 24.3 Å². The topological polar surface area (TPSA) is 125 Å². The van der Waals surface area contributed by atoms with E-state index in [0.29, 0.717) is 17.7 Å². The van der Waals surface area contributed by atoms with Gasteiger partial charge in [-0.3, -0.25) is 14.9 Å². The van der Waals surface area contributed by atoms with Gasteiger partial charge in [0.15, 0.2) is 11.5 Å². The van der Waals surface area contributed by atoms with Crippen molar-refractivity contribution in [3.63, 3.8) is 0 Å². The number of rotatable bonds is 7. The molecular weight excluding hydrogens is 312 g/mol. The summed E-state index contributed by atoms with van der Waals surface area (Å²) < 4.78 is 10.2. The largest absolute Gasteiger partial charge is 0.493 e. The summed E-state index contributed by atoms with van der Waals surface area (Å²) in [6.45, 7) is 0. The van der Waals surface area contributed by atoms with E-state index in [9.17, 15) is 14.9 Å². The number of hydrogen-bond donors (Lipinski definition) is 2. The molecule has 0 aromatic heterocycles. The first-order chi connectivity index (χ1) is 10.3. The number of carboxylic acid groups (broad SMARTS) is 1. The summed E-state index contributed by atoms with van der Waals surface area (Å²) in [5.41, 5.74) is 4.82. The summed E-state index contributed by atoms with van der Waals surface area (Å²) in [5.74, 6) is -0.121. The van der Waals surface area contributed by atoms with Gasteiger partial charge in [-0.05, 0) is 12.5 Å². The Bertz CT molecular complexity index is 623. The van der Waals surface area contributed by atoms with Crippen molar-refractivity contribution in [2.45, 2.75) is 23.0 Å². The summed E-state index contributed by atoms with van der Waals surface area (Å²) >= 11 is 1.29. The fourth-order valence-corrected chi connectivity index (χ4v) is 3.47. The quantitative estimate of drug-likeness (QED) is 0.568. The average Bonchev–Trinajstić information content (AvgIpc) is 3.16. The first-order valence-corrected chi connectivity index (χ1v) is 7.41. The SMILES string of the molecule is COc1cc(CS[C@H]2C[C@]2(N)C(=O)O)c([N+](=O)[O-])cc1OC. The smallest absolute Gasteiger partial charge is 0.324 e. The molecule has 0 spiro atoms. The molecule has 2 rings (SSSR count). The second-order valence-electron chi connectivity index (χ2n) is 4.94. The Hall–Kier alpha value is -2.00. The normalized spacial score (nSPS) is 23.0. The standard InChI is InChI=1S/C13H16N2O6S/c1-20-9-3-7(8(15(18)19)4-10(9)21-2)6-22-11-5-13(11,14)12(16)17/h3-4,11H,5-6,14H2,1-2H3,(H,16,17)/t11-,13+/m0/s1. The van der Waals surface area contributed by atoms with E-state index >= 15 is 0 Å². The van der Waals surface area contributed by atoms with Crippen molar-refractivity contribution in [3.05, 3.63) is 27.8 Å². The lowest BCUT2D eigenvalue weighted by Crippen LogP contribution is -2.35. The molecule has 1 fully saturated rings. The van der Waals surface area contributed by atoms with Crippen molar-refractivity contribution in [1.29, 1.82) is 0 Å². The molecule has 0 amide bonds. The van der Waals surface area contributed by atoms with Crippen LogP contribution in [0.5, 0.6) is 11.5 Å². The number of aliphatic carboxylic acids is 1. The fraction of sp³-hybridized carbons (Fsp3) is 0.462. The molecule has 1 saturated carbocycles. The van der Waals surface area contributed by atoms with E-state index in [0.717, 1.165) is 0 Å². The zero-order valence-corrected chi connectivity index (χ0v) is 12.9. The lowest BCUT2D eigenvalue weighted by molar-refractivity contribution is -0.385. The van der Waals surface area contributed by atoms with Crippen LogP contribution in [-0.2, 0) is 10.5 Å². The fourth-order valence-electron chi connectivity index (χ4n) is 2.07. The highest BCUT2D eigenvalue weighted by atomic mass is 32.2. The number of hydrogen-bond acceptors (Lipinski definition) is 7. The first kappa shape index (κ1) is 16.4. The predicted octanol–water partition coefficient (Wildman–Crippen LogP) is 1.40. The summed E-state index contributed by atoms with van der Waals surface area (Å²) in [7, 11) is 2.84. The van der Waals surface area contributed by atoms with Crippen molar-refractivity contribution in [3.8, 4) is 11.5 Å². The van der Waals surface area contributed by atoms with Gasteiger partial charge in [-0.2, -0.15) is 11.8 Å². The van der Waals surface area contributed by atoms with Crippen LogP contribution in [0.25, 0.3) is 0 Å². The average molecular weight is 328 g/mol. The van der Waals surface area contributed by atoms with Gasteiger partial charge in [-0.15, -0.1) is 0 Å². The number of nitro groups is 1. The number of nitrogens with zero attached hydrogens (tertiary/aromatic N) is 1. The first-order valence-electron chi connectivity index (χ1n) is 6.36. The Morgan fingerprint density at radius 1 is 1.50 bits per heavy atom. The van der Waals surface area contributed by atoms with E-state index in [1.165, 1.54) is 38.1 Å². The Kier molecular flexibility index (Phi) is 4.47. The van der Waals surface area contributed by atoms with Gasteiger partial charge in [0.25, 0.3) is 5.69 Å². The number of methoxy groups -OCH3 is 2. The number of carbonyl (C=O) groups is 1. The van der Waals surface area contributed by atoms with Gasteiger partial charge in [0.1, 0.15) is 5.54 Å². The number of nitrogens with two attached hydrogens (primary N) is 1. The molecule has 3 N–H and O–H groups in total. The third kappa shape index (κ3) is 2.95. The summed E-state index contributed by atoms with van der Waals surface area (Å²) in [4.78, 5) is 21.6. The predicted molar refractivity (Wildman–Crippen MR) is 80.5 cm³/mol. The van der Waals surface area contributed by atoms with Crippen LogP contribution in [0.1, 0.15) is 12.0 Å². The zero-order chi connectivity index (χ0) is 16.5. The highest BCUT2D eigenvalue weighted by Gasteiger charge is 2.58. The molecule has 1 aromatic rings. The highest BCUT2D eigenvalue weighted by Crippen LogP contribution is 2.46. The maximum atomic E-state index is 11.2. The molecular formula is C13H16N2O6S. The molecule has 0 bridgehead atoms. The third-order valence-electron chi connectivity index (χ3n) is 3.56. The highest BCUT2D eigenvalue weighted by molar-refractivity contribution is 7.99. The minimum absolute atomic E-state index is 0.0938. The summed E-state index contributed by atoms with van der Waals surface area (Å²) in [6, 6.07) is 2.83. The van der Waals surface area contributed by atoms with E-state index in [1.54, 1.807) is 0 Å². The summed E-state index contributed by atoms with van der Waals surface area (Å²) in [6.07, 6.45) is 0.355. The third-order valence-corrected chi connectivity index (χ3v) is 5.02. The van der Waals surface area contributed by atoms with Gasteiger partial charge in [-0.1, -0.05) is 0 Å². The van der Waals surface area contributed by atoms with E-state index < -0.39 is 16.4 Å². The number of ether oxygens (including phenoxy) is 2. The van der Waals surface area contributed by atoms with Crippen molar-refractivity contribution in [2.24, 2.45) is 5.73 Å². The van der Waals surface area contributed by atoms with Gasteiger partial charge in [-0.25, -0.2) is 0 Å². The van der Waals surface area contributed by atoms with Crippen molar-refractivity contribution >= 4 is 23.4 Å². The number of carboxylic acids is 1. The zero-order valence-electron chi connectivity index (χ0n) is 12.1. The minimum atomic E-state index is -1.23. The Morgan fingerprint density at radius 3 is 2.55 bits per heavy atom. The van der Waals surface area contributed by atoms with Crippen LogP contribution in [0.3, 0.4) is 0 Å². The molecule has 0 aliphatic heterocycles. The molecule has 0 heterocycles. The Morgan fingerprint density at radius 2 is 2.09 bits per heavy atom. The molecule has 1 aliphatic rings. The van der Waals surface area contributed by atoms with Crippen molar-refractivity contribution in [2.75, 3.05) is 14.2 Å². The summed E-state index contributed by atoms with van der Waals surface area (Å²) in [5, 5.41) is 19.9. The lowest BCUT2D eigenvalue weighted by Gasteiger charge is -2.11. The molecule has 120 valence electrons. The molecule has 8 nitrogen and oxygen atoms in total. The second-order valence-corrected chi connectivity index (χ2v) is 6.13. The molecule has 0 radical (unpaired) electrons. The lowest BCUT2D eigenvalue weighted by atomic mass is 10.2. The van der Waals surface area contributed by atoms with Crippen LogP contribution in [0.2, 0.25) is 0 Å². The maximum Gasteiger partial charge on any atom is 0.324 e. The molecule has 0 saturated heterocycles. The maximum absolute atomic E-state index is 11.2. The van der Waals surface area contributed by atoms with Crippen LogP contribution in [0, 0.1) is 10.1 Å². The number of benzene rings is 1. The Labute approximate surface area is 130 Å². The Balaban J connectivity index is 2.19. The van der Waals surface area contributed by atoms with E-state index in [2.05, 4.69) is 0 Å². The van der Waals surface area contributed by atoms with E-state index in [1.807, 2.05) is 0 Å². The van der Waals surface area contributed by atoms with Gasteiger partial charge in [0.05, 0.1) is 25.2 Å². The number of thioether (sulfide) groups is 1. The van der Waals surface area contributed by atoms with Gasteiger partial charge in [0.2, 0.25) is 0 Å².